The molecule has 1 heterocycles. The summed E-state index contributed by atoms with van der Waals surface area (Å²) in [6.45, 7) is 4.25. The Morgan fingerprint density at radius 2 is 2.29 bits per heavy atom. The van der Waals surface area contributed by atoms with Crippen LogP contribution < -0.4 is 5.32 Å². The van der Waals surface area contributed by atoms with Crippen LogP contribution in [-0.4, -0.2) is 20.3 Å². The maximum Gasteiger partial charge on any atom is 0.0701 e. The first kappa shape index (κ1) is 13.5. The molecule has 2 nitrogen and oxygen atoms in total. The van der Waals surface area contributed by atoms with Gasteiger partial charge in [-0.3, -0.25) is 0 Å². The van der Waals surface area contributed by atoms with Gasteiger partial charge in [-0.15, -0.1) is 11.3 Å². The number of thiophene rings is 1. The van der Waals surface area contributed by atoms with Gasteiger partial charge in [0.05, 0.1) is 3.79 Å². The quantitative estimate of drug-likeness (QED) is 0.821. The van der Waals surface area contributed by atoms with Crippen molar-refractivity contribution in [1.29, 1.82) is 0 Å². The van der Waals surface area contributed by atoms with Crippen LogP contribution in [0.2, 0.25) is 0 Å². The van der Waals surface area contributed by atoms with Gasteiger partial charge in [0.25, 0.3) is 0 Å². The van der Waals surface area contributed by atoms with Crippen molar-refractivity contribution in [1.82, 2.24) is 5.32 Å². The topological polar surface area (TPSA) is 21.3 Å². The van der Waals surface area contributed by atoms with Crippen LogP contribution >= 0.6 is 27.3 Å². The lowest BCUT2D eigenvalue weighted by molar-refractivity contribution is 0.170. The maximum absolute atomic E-state index is 5.18. The zero-order valence-corrected chi connectivity index (χ0v) is 12.9. The molecule has 4 heteroatoms. The number of rotatable bonds is 7. The molecule has 0 bridgehead atoms. The fraction of sp³-hybridized carbons (Fsp3) is 0.692. The Kier molecular flexibility index (Phi) is 4.64. The van der Waals surface area contributed by atoms with E-state index in [0.29, 0.717) is 11.5 Å². The number of hydrogen-bond donors (Lipinski definition) is 1. The summed E-state index contributed by atoms with van der Waals surface area (Å²) in [4.78, 5) is 1.40. The molecule has 1 aromatic heterocycles. The van der Waals surface area contributed by atoms with E-state index in [1.165, 1.54) is 27.9 Å². The van der Waals surface area contributed by atoms with Crippen LogP contribution in [0, 0.1) is 5.41 Å². The van der Waals surface area contributed by atoms with E-state index in [1.54, 1.807) is 7.11 Å². The first-order valence-electron chi connectivity index (χ1n) is 6.13. The van der Waals surface area contributed by atoms with Crippen LogP contribution in [0.15, 0.2) is 15.9 Å². The highest BCUT2D eigenvalue weighted by molar-refractivity contribution is 9.11. The van der Waals surface area contributed by atoms with Crippen LogP contribution in [0.5, 0.6) is 0 Å². The molecule has 1 aliphatic rings. The molecular formula is C13H20BrNOS. The average Bonchev–Trinajstić information content (AvgIpc) is 2.97. The number of hydrogen-bond acceptors (Lipinski definition) is 3. The van der Waals surface area contributed by atoms with Crippen molar-refractivity contribution in [3.05, 3.63) is 20.8 Å². The summed E-state index contributed by atoms with van der Waals surface area (Å²) in [5, 5.41) is 3.66. The highest BCUT2D eigenvalue weighted by Crippen LogP contribution is 2.48. The molecule has 1 unspecified atom stereocenters. The molecule has 1 fully saturated rings. The summed E-state index contributed by atoms with van der Waals surface area (Å²) < 4.78 is 6.39. The second-order valence-electron chi connectivity index (χ2n) is 4.99. The van der Waals surface area contributed by atoms with Crippen molar-refractivity contribution in [3.8, 4) is 0 Å². The van der Waals surface area contributed by atoms with E-state index >= 15 is 0 Å². The van der Waals surface area contributed by atoms with Gasteiger partial charge in [0, 0.05) is 31.2 Å². The minimum Gasteiger partial charge on any atom is -0.385 e. The van der Waals surface area contributed by atoms with Crippen LogP contribution in [0.3, 0.4) is 0 Å². The van der Waals surface area contributed by atoms with E-state index < -0.39 is 0 Å². The molecule has 96 valence electrons. The SMILES string of the molecule is COCCC1(CNC(C)c2ccc(Br)s2)CC1. The predicted octanol–water partition coefficient (Wildman–Crippen LogP) is 3.98. The van der Waals surface area contributed by atoms with Gasteiger partial charge >= 0.3 is 0 Å². The number of nitrogens with one attached hydrogen (secondary N) is 1. The molecule has 0 aliphatic heterocycles. The molecule has 1 aromatic rings. The van der Waals surface area contributed by atoms with Crippen molar-refractivity contribution in [2.24, 2.45) is 5.41 Å². The first-order valence-corrected chi connectivity index (χ1v) is 7.74. The zero-order chi connectivity index (χ0) is 12.3. The molecule has 0 amide bonds. The van der Waals surface area contributed by atoms with Crippen LogP contribution in [0.25, 0.3) is 0 Å². The Labute approximate surface area is 116 Å². The van der Waals surface area contributed by atoms with Gasteiger partial charge in [0.2, 0.25) is 0 Å². The molecule has 1 saturated carbocycles. The summed E-state index contributed by atoms with van der Waals surface area (Å²) in [6.07, 6.45) is 3.89. The summed E-state index contributed by atoms with van der Waals surface area (Å²) in [6, 6.07) is 4.77. The monoisotopic (exact) mass is 317 g/mol. The van der Waals surface area contributed by atoms with Crippen molar-refractivity contribution in [3.63, 3.8) is 0 Å². The van der Waals surface area contributed by atoms with Crippen molar-refractivity contribution in [2.45, 2.75) is 32.2 Å². The third-order valence-corrected chi connectivity index (χ3v) is 5.40. The largest absolute Gasteiger partial charge is 0.385 e. The molecule has 1 aliphatic carbocycles. The Bertz CT molecular complexity index is 362. The fourth-order valence-corrected chi connectivity index (χ4v) is 3.49. The number of methoxy groups -OCH3 is 1. The van der Waals surface area contributed by atoms with E-state index in [1.807, 2.05) is 11.3 Å². The lowest BCUT2D eigenvalue weighted by atomic mass is 10.0. The highest BCUT2D eigenvalue weighted by Gasteiger charge is 2.41. The molecule has 0 aromatic carbocycles. The molecule has 2 rings (SSSR count). The summed E-state index contributed by atoms with van der Waals surface area (Å²) in [5.74, 6) is 0. The van der Waals surface area contributed by atoms with Gasteiger partial charge < -0.3 is 10.1 Å². The van der Waals surface area contributed by atoms with E-state index in [-0.39, 0.29) is 0 Å². The normalized spacial score (nSPS) is 19.2. The lowest BCUT2D eigenvalue weighted by Gasteiger charge is -2.19. The summed E-state index contributed by atoms with van der Waals surface area (Å²) in [7, 11) is 1.79. The minimum absolute atomic E-state index is 0.450. The number of halogens is 1. The third-order valence-electron chi connectivity index (χ3n) is 3.60. The number of ether oxygens (including phenoxy) is 1. The molecule has 1 atom stereocenters. The van der Waals surface area contributed by atoms with Gasteiger partial charge in [-0.2, -0.15) is 0 Å². The zero-order valence-electron chi connectivity index (χ0n) is 10.5. The standard InChI is InChI=1S/C13H20BrNOS/c1-10(11-3-4-12(14)17-11)15-9-13(5-6-13)7-8-16-2/h3-4,10,15H,5-9H2,1-2H3. The van der Waals surface area contributed by atoms with E-state index in [2.05, 4.69) is 40.3 Å². The average molecular weight is 318 g/mol. The van der Waals surface area contributed by atoms with E-state index in [9.17, 15) is 0 Å². The van der Waals surface area contributed by atoms with Crippen LogP contribution in [0.4, 0.5) is 0 Å². The van der Waals surface area contributed by atoms with Gasteiger partial charge in [0.1, 0.15) is 0 Å². The minimum atomic E-state index is 0.450. The molecule has 1 N–H and O–H groups in total. The van der Waals surface area contributed by atoms with Gasteiger partial charge in [-0.1, -0.05) is 0 Å². The van der Waals surface area contributed by atoms with Crippen molar-refractivity contribution in [2.75, 3.05) is 20.3 Å². The van der Waals surface area contributed by atoms with Gasteiger partial charge in [-0.05, 0) is 59.7 Å². The fourth-order valence-electron chi connectivity index (χ4n) is 2.04. The second kappa shape index (κ2) is 5.83. The molecule has 0 radical (unpaired) electrons. The Morgan fingerprint density at radius 1 is 1.53 bits per heavy atom. The third kappa shape index (κ3) is 3.78. The smallest absolute Gasteiger partial charge is 0.0701 e. The Hall–Kier alpha value is 0.1000. The summed E-state index contributed by atoms with van der Waals surface area (Å²) >= 11 is 5.33. The first-order chi connectivity index (χ1) is 8.15. The van der Waals surface area contributed by atoms with Crippen LogP contribution in [0.1, 0.15) is 37.1 Å². The molecule has 0 spiro atoms. The van der Waals surface area contributed by atoms with Crippen molar-refractivity contribution < 1.29 is 4.74 Å². The Balaban J connectivity index is 1.78. The molecule has 0 saturated heterocycles. The summed E-state index contributed by atoms with van der Waals surface area (Å²) in [5.41, 5.74) is 0.527. The highest BCUT2D eigenvalue weighted by atomic mass is 79.9. The predicted molar refractivity (Wildman–Crippen MR) is 76.6 cm³/mol. The van der Waals surface area contributed by atoms with Crippen molar-refractivity contribution >= 4 is 27.3 Å². The maximum atomic E-state index is 5.18. The molecule has 17 heavy (non-hydrogen) atoms. The molecular weight excluding hydrogens is 298 g/mol. The van der Waals surface area contributed by atoms with Gasteiger partial charge in [-0.25, -0.2) is 0 Å². The van der Waals surface area contributed by atoms with Crippen LogP contribution in [-0.2, 0) is 4.74 Å². The second-order valence-corrected chi connectivity index (χ2v) is 7.48. The van der Waals surface area contributed by atoms with Gasteiger partial charge in [0.15, 0.2) is 0 Å². The lowest BCUT2D eigenvalue weighted by Crippen LogP contribution is -2.27. The Morgan fingerprint density at radius 3 is 2.82 bits per heavy atom. The van der Waals surface area contributed by atoms with E-state index in [0.717, 1.165) is 13.2 Å². The van der Waals surface area contributed by atoms with E-state index in [4.69, 9.17) is 4.74 Å².